The van der Waals surface area contributed by atoms with E-state index < -0.39 is 10.9 Å². The van der Waals surface area contributed by atoms with E-state index in [9.17, 15) is 14.9 Å². The van der Waals surface area contributed by atoms with E-state index in [1.54, 1.807) is 19.9 Å². The molecule has 0 aliphatic carbocycles. The summed E-state index contributed by atoms with van der Waals surface area (Å²) in [6.45, 7) is 3.40. The number of hydrogen-bond donors (Lipinski definition) is 1. The molecular weight excluding hydrogens is 276 g/mol. The molecule has 0 aliphatic rings. The quantitative estimate of drug-likeness (QED) is 0.685. The van der Waals surface area contributed by atoms with Crippen LogP contribution in [0.3, 0.4) is 0 Å². The van der Waals surface area contributed by atoms with Gasteiger partial charge in [0.1, 0.15) is 5.75 Å². The van der Waals surface area contributed by atoms with E-state index in [0.29, 0.717) is 16.9 Å². The molecule has 2 rings (SSSR count). The minimum atomic E-state index is -1.08. The predicted molar refractivity (Wildman–Crippen MR) is 73.8 cm³/mol. The maximum absolute atomic E-state index is 10.8. The van der Waals surface area contributed by atoms with Crippen LogP contribution in [-0.4, -0.2) is 21.0 Å². The molecule has 0 atom stereocenters. The van der Waals surface area contributed by atoms with Gasteiger partial charge in [0, 0.05) is 17.8 Å². The summed E-state index contributed by atoms with van der Waals surface area (Å²) in [5.41, 5.74) is 1.20. The number of aromatic carboxylic acids is 1. The summed E-state index contributed by atoms with van der Waals surface area (Å²) in [6, 6.07) is 5.70. The Morgan fingerprint density at radius 3 is 2.57 bits per heavy atom. The molecule has 0 amide bonds. The van der Waals surface area contributed by atoms with Crippen LogP contribution in [0.25, 0.3) is 0 Å². The van der Waals surface area contributed by atoms with E-state index in [1.165, 1.54) is 24.4 Å². The van der Waals surface area contributed by atoms with Gasteiger partial charge in [0.05, 0.1) is 16.6 Å². The van der Waals surface area contributed by atoms with Gasteiger partial charge in [-0.3, -0.25) is 10.1 Å². The van der Waals surface area contributed by atoms with Crippen molar-refractivity contribution in [2.24, 2.45) is 0 Å². The summed E-state index contributed by atoms with van der Waals surface area (Å²) in [6.07, 6.45) is 1.18. The second-order valence-electron chi connectivity index (χ2n) is 4.46. The van der Waals surface area contributed by atoms with Crippen molar-refractivity contribution in [2.45, 2.75) is 13.8 Å². The number of non-ortho nitro benzene ring substituents is 1. The third-order valence-corrected chi connectivity index (χ3v) is 2.87. The van der Waals surface area contributed by atoms with Gasteiger partial charge >= 0.3 is 5.97 Å². The monoisotopic (exact) mass is 288 g/mol. The lowest BCUT2D eigenvalue weighted by atomic mass is 10.2. The molecule has 1 heterocycles. The maximum atomic E-state index is 10.8. The van der Waals surface area contributed by atoms with Crippen LogP contribution in [-0.2, 0) is 0 Å². The Morgan fingerprint density at radius 2 is 2.00 bits per heavy atom. The molecule has 1 aromatic heterocycles. The lowest BCUT2D eigenvalue weighted by Crippen LogP contribution is -2.00. The Morgan fingerprint density at radius 1 is 1.29 bits per heavy atom. The van der Waals surface area contributed by atoms with Crippen LogP contribution < -0.4 is 4.74 Å². The van der Waals surface area contributed by atoms with Crippen molar-refractivity contribution in [2.75, 3.05) is 0 Å². The Balaban J connectivity index is 2.36. The highest BCUT2D eigenvalue weighted by molar-refractivity contribution is 5.87. The molecule has 7 nitrogen and oxygen atoms in total. The lowest BCUT2D eigenvalue weighted by molar-refractivity contribution is -0.384. The first-order valence-corrected chi connectivity index (χ1v) is 6.01. The highest BCUT2D eigenvalue weighted by Gasteiger charge is 2.13. The Kier molecular flexibility index (Phi) is 3.84. The second kappa shape index (κ2) is 5.58. The number of aromatic nitrogens is 1. The summed E-state index contributed by atoms with van der Waals surface area (Å²) < 4.78 is 5.56. The first-order chi connectivity index (χ1) is 9.88. The minimum Gasteiger partial charge on any atom is -0.478 e. The van der Waals surface area contributed by atoms with Gasteiger partial charge in [-0.1, -0.05) is 0 Å². The average molecular weight is 288 g/mol. The molecule has 0 aliphatic heterocycles. The van der Waals surface area contributed by atoms with Gasteiger partial charge in [-0.05, 0) is 31.5 Å². The lowest BCUT2D eigenvalue weighted by Gasteiger charge is -2.10. The van der Waals surface area contributed by atoms with Crippen LogP contribution in [0.2, 0.25) is 0 Å². The van der Waals surface area contributed by atoms with E-state index in [-0.39, 0.29) is 17.1 Å². The molecule has 7 heteroatoms. The highest BCUT2D eigenvalue weighted by Crippen LogP contribution is 2.29. The number of carbonyl (C=O) groups is 1. The Hall–Kier alpha value is -2.96. The third kappa shape index (κ3) is 3.14. The maximum Gasteiger partial charge on any atom is 0.337 e. The topological polar surface area (TPSA) is 103 Å². The van der Waals surface area contributed by atoms with E-state index >= 15 is 0 Å². The van der Waals surface area contributed by atoms with Crippen LogP contribution in [0.15, 0.2) is 30.5 Å². The van der Waals surface area contributed by atoms with Gasteiger partial charge < -0.3 is 9.84 Å². The van der Waals surface area contributed by atoms with Crippen molar-refractivity contribution in [3.05, 3.63) is 57.3 Å². The summed E-state index contributed by atoms with van der Waals surface area (Å²) in [4.78, 5) is 25.0. The summed E-state index contributed by atoms with van der Waals surface area (Å²) in [5, 5.41) is 19.6. The number of nitro benzene ring substituents is 1. The molecule has 1 aromatic carbocycles. The van der Waals surface area contributed by atoms with Crippen LogP contribution in [0.4, 0.5) is 5.69 Å². The zero-order valence-corrected chi connectivity index (χ0v) is 11.4. The standard InChI is InChI=1S/C14H12N2O5/c1-8-3-4-11(16(19)20)6-12(8)21-13-9(2)5-10(7-15-13)14(17)18/h3-7H,1-2H3,(H,17,18). The minimum absolute atomic E-state index is 0.0515. The van der Waals surface area contributed by atoms with Crippen LogP contribution in [0.1, 0.15) is 21.5 Å². The Labute approximate surface area is 120 Å². The van der Waals surface area contributed by atoms with Crippen LogP contribution in [0.5, 0.6) is 11.6 Å². The zero-order valence-electron chi connectivity index (χ0n) is 11.4. The molecule has 0 unspecified atom stereocenters. The van der Waals surface area contributed by atoms with Crippen molar-refractivity contribution in [3.63, 3.8) is 0 Å². The van der Waals surface area contributed by atoms with E-state index in [0.717, 1.165) is 0 Å². The number of nitrogens with zero attached hydrogens (tertiary/aromatic N) is 2. The number of nitro groups is 1. The van der Waals surface area contributed by atoms with E-state index in [4.69, 9.17) is 9.84 Å². The largest absolute Gasteiger partial charge is 0.478 e. The van der Waals surface area contributed by atoms with Crippen molar-refractivity contribution in [3.8, 4) is 11.6 Å². The molecule has 108 valence electrons. The van der Waals surface area contributed by atoms with Gasteiger partial charge in [-0.2, -0.15) is 0 Å². The number of aryl methyl sites for hydroxylation is 2. The Bertz CT molecular complexity index is 727. The molecule has 2 aromatic rings. The number of benzene rings is 1. The van der Waals surface area contributed by atoms with Crippen molar-refractivity contribution in [1.82, 2.24) is 4.98 Å². The van der Waals surface area contributed by atoms with Gasteiger partial charge in [0.25, 0.3) is 5.69 Å². The molecule has 0 spiro atoms. The molecule has 21 heavy (non-hydrogen) atoms. The SMILES string of the molecule is Cc1ccc([N+](=O)[O-])cc1Oc1ncc(C(=O)O)cc1C. The first kappa shape index (κ1) is 14.4. The molecule has 0 radical (unpaired) electrons. The fraction of sp³-hybridized carbons (Fsp3) is 0.143. The van der Waals surface area contributed by atoms with Crippen molar-refractivity contribution >= 4 is 11.7 Å². The van der Waals surface area contributed by atoms with E-state index in [2.05, 4.69) is 4.98 Å². The van der Waals surface area contributed by atoms with Gasteiger partial charge in [-0.25, -0.2) is 9.78 Å². The van der Waals surface area contributed by atoms with Gasteiger partial charge in [-0.15, -0.1) is 0 Å². The highest BCUT2D eigenvalue weighted by atomic mass is 16.6. The number of ether oxygens (including phenoxy) is 1. The molecule has 0 bridgehead atoms. The number of pyridine rings is 1. The first-order valence-electron chi connectivity index (χ1n) is 6.01. The van der Waals surface area contributed by atoms with Crippen LogP contribution in [0, 0.1) is 24.0 Å². The number of carboxylic acid groups (broad SMARTS) is 1. The van der Waals surface area contributed by atoms with E-state index in [1.807, 2.05) is 0 Å². The fourth-order valence-electron chi connectivity index (χ4n) is 1.70. The molecular formula is C14H12N2O5. The molecule has 1 N–H and O–H groups in total. The molecule has 0 saturated heterocycles. The van der Waals surface area contributed by atoms with Gasteiger partial charge in [0.15, 0.2) is 0 Å². The van der Waals surface area contributed by atoms with Crippen molar-refractivity contribution < 1.29 is 19.6 Å². The molecule has 0 fully saturated rings. The van der Waals surface area contributed by atoms with Crippen molar-refractivity contribution in [1.29, 1.82) is 0 Å². The zero-order chi connectivity index (χ0) is 15.6. The smallest absolute Gasteiger partial charge is 0.337 e. The number of carboxylic acids is 1. The predicted octanol–water partition coefficient (Wildman–Crippen LogP) is 3.10. The molecule has 0 saturated carbocycles. The van der Waals surface area contributed by atoms with Gasteiger partial charge in [0.2, 0.25) is 5.88 Å². The third-order valence-electron chi connectivity index (χ3n) is 2.87. The number of rotatable bonds is 4. The normalized spacial score (nSPS) is 10.2. The number of hydrogen-bond acceptors (Lipinski definition) is 5. The summed E-state index contributed by atoms with van der Waals surface area (Å²) in [7, 11) is 0. The summed E-state index contributed by atoms with van der Waals surface area (Å²) >= 11 is 0. The fourth-order valence-corrected chi connectivity index (χ4v) is 1.70. The summed E-state index contributed by atoms with van der Waals surface area (Å²) in [5.74, 6) is -0.560. The average Bonchev–Trinajstić information content (AvgIpc) is 2.42. The van der Waals surface area contributed by atoms with Crippen LogP contribution >= 0.6 is 0 Å². The second-order valence-corrected chi connectivity index (χ2v) is 4.46.